The highest BCUT2D eigenvalue weighted by atomic mass is 19.1. The van der Waals surface area contributed by atoms with Crippen LogP contribution in [0.4, 0.5) is 10.1 Å². The van der Waals surface area contributed by atoms with Crippen LogP contribution in [0.5, 0.6) is 5.75 Å². The number of hydrogen-bond donors (Lipinski definition) is 1. The van der Waals surface area contributed by atoms with Gasteiger partial charge in [0, 0.05) is 12.2 Å². The standard InChI is InChI=1S/C18H21FN2O2/c1-3-21(13(2)18(20)22)16-7-9-17(10-8-16)23-12-14-5-4-6-15(19)11-14/h4-11,13H,3,12H2,1-2H3,(H2,20,22). The van der Waals surface area contributed by atoms with Crippen LogP contribution in [0.3, 0.4) is 0 Å². The fraction of sp³-hybridized carbons (Fsp3) is 0.278. The molecule has 4 nitrogen and oxygen atoms in total. The quantitative estimate of drug-likeness (QED) is 0.854. The molecule has 0 saturated heterocycles. The number of carbonyl (C=O) groups is 1. The molecule has 122 valence electrons. The third-order valence-corrected chi connectivity index (χ3v) is 3.68. The molecule has 2 N–H and O–H groups in total. The van der Waals surface area contributed by atoms with Gasteiger partial charge in [0.15, 0.2) is 0 Å². The summed E-state index contributed by atoms with van der Waals surface area (Å²) in [5, 5.41) is 0. The van der Waals surface area contributed by atoms with Crippen molar-refractivity contribution in [2.24, 2.45) is 5.73 Å². The van der Waals surface area contributed by atoms with Gasteiger partial charge in [-0.2, -0.15) is 0 Å². The van der Waals surface area contributed by atoms with Crippen LogP contribution in [0.1, 0.15) is 19.4 Å². The molecular formula is C18H21FN2O2. The maximum atomic E-state index is 13.1. The van der Waals surface area contributed by atoms with E-state index in [-0.39, 0.29) is 17.8 Å². The van der Waals surface area contributed by atoms with Crippen molar-refractivity contribution in [2.45, 2.75) is 26.5 Å². The third kappa shape index (κ3) is 4.45. The molecule has 1 atom stereocenters. The largest absolute Gasteiger partial charge is 0.489 e. The van der Waals surface area contributed by atoms with E-state index in [0.29, 0.717) is 18.9 Å². The molecule has 0 aliphatic heterocycles. The molecule has 0 bridgehead atoms. The Labute approximate surface area is 135 Å². The lowest BCUT2D eigenvalue weighted by Crippen LogP contribution is -2.42. The second kappa shape index (κ2) is 7.63. The van der Waals surface area contributed by atoms with Gasteiger partial charge in [-0.25, -0.2) is 4.39 Å². The molecule has 0 radical (unpaired) electrons. The fourth-order valence-electron chi connectivity index (χ4n) is 2.36. The molecule has 0 aliphatic carbocycles. The molecule has 0 aromatic heterocycles. The summed E-state index contributed by atoms with van der Waals surface area (Å²) in [6.45, 7) is 4.72. The van der Waals surface area contributed by atoms with Crippen LogP contribution in [-0.2, 0) is 11.4 Å². The Morgan fingerprint density at radius 1 is 1.26 bits per heavy atom. The second-order valence-electron chi connectivity index (χ2n) is 5.28. The van der Waals surface area contributed by atoms with Gasteiger partial charge in [0.25, 0.3) is 0 Å². The van der Waals surface area contributed by atoms with Crippen LogP contribution in [0.25, 0.3) is 0 Å². The lowest BCUT2D eigenvalue weighted by molar-refractivity contribution is -0.118. The predicted molar refractivity (Wildman–Crippen MR) is 88.9 cm³/mol. The smallest absolute Gasteiger partial charge is 0.239 e. The number of likely N-dealkylation sites (N-methyl/N-ethyl adjacent to an activating group) is 1. The van der Waals surface area contributed by atoms with Gasteiger partial charge in [-0.15, -0.1) is 0 Å². The van der Waals surface area contributed by atoms with Gasteiger partial charge < -0.3 is 15.4 Å². The average molecular weight is 316 g/mol. The van der Waals surface area contributed by atoms with E-state index in [1.807, 2.05) is 42.2 Å². The Morgan fingerprint density at radius 2 is 1.96 bits per heavy atom. The van der Waals surface area contributed by atoms with Crippen LogP contribution in [0.2, 0.25) is 0 Å². The Balaban J connectivity index is 2.02. The number of primary amides is 1. The summed E-state index contributed by atoms with van der Waals surface area (Å²) in [5.41, 5.74) is 7.04. The number of ether oxygens (including phenoxy) is 1. The van der Waals surface area contributed by atoms with Crippen molar-refractivity contribution in [1.82, 2.24) is 0 Å². The van der Waals surface area contributed by atoms with Crippen molar-refractivity contribution in [1.29, 1.82) is 0 Å². The van der Waals surface area contributed by atoms with Crippen molar-refractivity contribution in [3.05, 3.63) is 59.9 Å². The zero-order chi connectivity index (χ0) is 16.8. The van der Waals surface area contributed by atoms with Crippen LogP contribution >= 0.6 is 0 Å². The normalized spacial score (nSPS) is 11.8. The van der Waals surface area contributed by atoms with Crippen molar-refractivity contribution >= 4 is 11.6 Å². The zero-order valence-corrected chi connectivity index (χ0v) is 13.3. The zero-order valence-electron chi connectivity index (χ0n) is 13.3. The Morgan fingerprint density at radius 3 is 2.52 bits per heavy atom. The summed E-state index contributed by atoms with van der Waals surface area (Å²) in [5.74, 6) is 0.0412. The van der Waals surface area contributed by atoms with Crippen molar-refractivity contribution < 1.29 is 13.9 Å². The first-order valence-corrected chi connectivity index (χ1v) is 7.54. The van der Waals surface area contributed by atoms with E-state index in [2.05, 4.69) is 0 Å². The van der Waals surface area contributed by atoms with Crippen molar-refractivity contribution in [3.63, 3.8) is 0 Å². The third-order valence-electron chi connectivity index (χ3n) is 3.68. The van der Waals surface area contributed by atoms with Crippen LogP contribution < -0.4 is 15.4 Å². The highest BCUT2D eigenvalue weighted by molar-refractivity contribution is 5.83. The number of nitrogens with two attached hydrogens (primary N) is 1. The van der Waals surface area contributed by atoms with Gasteiger partial charge >= 0.3 is 0 Å². The van der Waals surface area contributed by atoms with Gasteiger partial charge in [-0.3, -0.25) is 4.79 Å². The van der Waals surface area contributed by atoms with Gasteiger partial charge in [0.1, 0.15) is 24.2 Å². The lowest BCUT2D eigenvalue weighted by Gasteiger charge is -2.28. The molecular weight excluding hydrogens is 295 g/mol. The fourth-order valence-corrected chi connectivity index (χ4v) is 2.36. The number of nitrogens with zero attached hydrogens (tertiary/aromatic N) is 1. The monoisotopic (exact) mass is 316 g/mol. The van der Waals surface area contributed by atoms with E-state index >= 15 is 0 Å². The van der Waals surface area contributed by atoms with Crippen LogP contribution in [-0.4, -0.2) is 18.5 Å². The molecule has 2 rings (SSSR count). The van der Waals surface area contributed by atoms with Gasteiger partial charge in [0.05, 0.1) is 0 Å². The van der Waals surface area contributed by atoms with Gasteiger partial charge in [-0.1, -0.05) is 12.1 Å². The number of halogens is 1. The molecule has 0 heterocycles. The van der Waals surface area contributed by atoms with Gasteiger partial charge in [0.2, 0.25) is 5.91 Å². The first-order valence-electron chi connectivity index (χ1n) is 7.54. The van der Waals surface area contributed by atoms with Crippen LogP contribution in [0, 0.1) is 5.82 Å². The molecule has 0 spiro atoms. The van der Waals surface area contributed by atoms with Gasteiger partial charge in [-0.05, 0) is 55.8 Å². The molecule has 0 fully saturated rings. The Bertz CT molecular complexity index is 658. The summed E-state index contributed by atoms with van der Waals surface area (Å²) in [7, 11) is 0. The molecule has 1 amide bonds. The van der Waals surface area contributed by atoms with E-state index in [0.717, 1.165) is 11.3 Å². The summed E-state index contributed by atoms with van der Waals surface area (Å²) in [4.78, 5) is 13.3. The minimum Gasteiger partial charge on any atom is -0.489 e. The van der Waals surface area contributed by atoms with E-state index in [4.69, 9.17) is 10.5 Å². The maximum absolute atomic E-state index is 13.1. The summed E-state index contributed by atoms with van der Waals surface area (Å²) in [6.07, 6.45) is 0. The molecule has 5 heteroatoms. The molecule has 0 aliphatic rings. The number of benzene rings is 2. The van der Waals surface area contributed by atoms with E-state index in [9.17, 15) is 9.18 Å². The highest BCUT2D eigenvalue weighted by Gasteiger charge is 2.17. The number of carbonyl (C=O) groups excluding carboxylic acids is 1. The number of hydrogen-bond acceptors (Lipinski definition) is 3. The van der Waals surface area contributed by atoms with E-state index in [1.54, 1.807) is 13.0 Å². The first kappa shape index (κ1) is 16.8. The predicted octanol–water partition coefficient (Wildman–Crippen LogP) is 3.10. The SMILES string of the molecule is CCN(c1ccc(OCc2cccc(F)c2)cc1)C(C)C(N)=O. The number of amides is 1. The molecule has 0 saturated carbocycles. The maximum Gasteiger partial charge on any atom is 0.239 e. The summed E-state index contributed by atoms with van der Waals surface area (Å²) in [6, 6.07) is 13.3. The highest BCUT2D eigenvalue weighted by Crippen LogP contribution is 2.22. The Hall–Kier alpha value is -2.56. The van der Waals surface area contributed by atoms with E-state index < -0.39 is 0 Å². The average Bonchev–Trinajstić information content (AvgIpc) is 2.54. The lowest BCUT2D eigenvalue weighted by atomic mass is 10.2. The van der Waals surface area contributed by atoms with E-state index in [1.165, 1.54) is 12.1 Å². The molecule has 1 unspecified atom stereocenters. The topological polar surface area (TPSA) is 55.6 Å². The second-order valence-corrected chi connectivity index (χ2v) is 5.28. The van der Waals surface area contributed by atoms with Crippen molar-refractivity contribution in [3.8, 4) is 5.75 Å². The first-order chi connectivity index (χ1) is 11.0. The number of anilines is 1. The summed E-state index contributed by atoms with van der Waals surface area (Å²) >= 11 is 0. The van der Waals surface area contributed by atoms with Crippen molar-refractivity contribution in [2.75, 3.05) is 11.4 Å². The molecule has 23 heavy (non-hydrogen) atoms. The minimum absolute atomic E-state index is 0.277. The Kier molecular flexibility index (Phi) is 5.57. The number of rotatable bonds is 7. The summed E-state index contributed by atoms with van der Waals surface area (Å²) < 4.78 is 18.8. The minimum atomic E-state index is -0.376. The van der Waals surface area contributed by atoms with Crippen LogP contribution in [0.15, 0.2) is 48.5 Å². The molecule has 2 aromatic carbocycles. The molecule has 2 aromatic rings.